The predicted octanol–water partition coefficient (Wildman–Crippen LogP) is 1.30. The van der Waals surface area contributed by atoms with Crippen molar-refractivity contribution in [3.8, 4) is 0 Å². The quantitative estimate of drug-likeness (QED) is 0.609. The Morgan fingerprint density at radius 2 is 2.12 bits per heavy atom. The first kappa shape index (κ1) is 18.1. The van der Waals surface area contributed by atoms with E-state index in [0.717, 1.165) is 38.6 Å². The smallest absolute Gasteiger partial charge is 0.222 e. The molecule has 6 nitrogen and oxygen atoms in total. The number of carbonyl (C=O) groups excluding carboxylic acids is 1. The van der Waals surface area contributed by atoms with Crippen molar-refractivity contribution in [3.05, 3.63) is 30.3 Å². The number of guanidine groups is 1. The van der Waals surface area contributed by atoms with Gasteiger partial charge < -0.3 is 20.4 Å². The number of hydrogen-bond donors (Lipinski definition) is 2. The maximum Gasteiger partial charge on any atom is 0.222 e. The summed E-state index contributed by atoms with van der Waals surface area (Å²) in [6.45, 7) is 5.19. The molecule has 0 bridgehead atoms. The number of likely N-dealkylation sites (tertiary alicyclic amines) is 1. The van der Waals surface area contributed by atoms with E-state index in [2.05, 4.69) is 39.7 Å². The zero-order valence-corrected chi connectivity index (χ0v) is 15.0. The van der Waals surface area contributed by atoms with E-state index in [1.807, 2.05) is 30.0 Å². The fourth-order valence-electron chi connectivity index (χ4n) is 2.87. The molecule has 0 radical (unpaired) electrons. The van der Waals surface area contributed by atoms with E-state index in [1.54, 1.807) is 7.05 Å². The first-order valence-corrected chi connectivity index (χ1v) is 8.65. The molecule has 24 heavy (non-hydrogen) atoms. The molecule has 2 N–H and O–H groups in total. The fourth-order valence-corrected chi connectivity index (χ4v) is 2.87. The number of aliphatic imine (C=N–C) groups is 1. The number of para-hydroxylation sites is 1. The van der Waals surface area contributed by atoms with E-state index in [0.29, 0.717) is 6.42 Å². The largest absolute Gasteiger partial charge is 0.373 e. The van der Waals surface area contributed by atoms with Gasteiger partial charge in [0.05, 0.1) is 0 Å². The van der Waals surface area contributed by atoms with Crippen molar-refractivity contribution in [2.45, 2.75) is 25.8 Å². The summed E-state index contributed by atoms with van der Waals surface area (Å²) in [7, 11) is 3.86. The average molecular weight is 331 g/mol. The molecule has 1 amide bonds. The minimum atomic E-state index is 0.228. The summed E-state index contributed by atoms with van der Waals surface area (Å²) in [4.78, 5) is 20.2. The van der Waals surface area contributed by atoms with E-state index in [1.165, 1.54) is 5.69 Å². The molecule has 1 atom stereocenters. The van der Waals surface area contributed by atoms with Gasteiger partial charge in [-0.15, -0.1) is 0 Å². The van der Waals surface area contributed by atoms with Crippen LogP contribution in [-0.4, -0.2) is 63.1 Å². The van der Waals surface area contributed by atoms with Crippen molar-refractivity contribution in [2.75, 3.05) is 45.2 Å². The van der Waals surface area contributed by atoms with Crippen molar-refractivity contribution in [1.29, 1.82) is 0 Å². The van der Waals surface area contributed by atoms with Gasteiger partial charge in [0.15, 0.2) is 5.96 Å². The van der Waals surface area contributed by atoms with Gasteiger partial charge in [0, 0.05) is 58.4 Å². The second kappa shape index (κ2) is 9.15. The molecular weight excluding hydrogens is 302 g/mol. The van der Waals surface area contributed by atoms with Crippen LogP contribution in [-0.2, 0) is 4.79 Å². The second-order valence-electron chi connectivity index (χ2n) is 6.08. The normalized spacial score (nSPS) is 17.7. The Hall–Kier alpha value is -2.24. The summed E-state index contributed by atoms with van der Waals surface area (Å²) < 4.78 is 0. The standard InChI is InChI=1S/C18H29N5O/c1-4-17(24)23-12-10-15(14-23)21-18(19-2)20-11-13-22(3)16-8-6-5-7-9-16/h5-9,15H,4,10-14H2,1-3H3,(H2,19,20,21). The molecule has 1 heterocycles. The highest BCUT2D eigenvalue weighted by Crippen LogP contribution is 2.11. The van der Waals surface area contributed by atoms with Crippen LogP contribution in [0, 0.1) is 0 Å². The van der Waals surface area contributed by atoms with Crippen LogP contribution >= 0.6 is 0 Å². The molecule has 1 aromatic rings. The van der Waals surface area contributed by atoms with Gasteiger partial charge in [0.1, 0.15) is 0 Å². The van der Waals surface area contributed by atoms with E-state index in [9.17, 15) is 4.79 Å². The van der Waals surface area contributed by atoms with Crippen LogP contribution in [0.15, 0.2) is 35.3 Å². The van der Waals surface area contributed by atoms with Crippen LogP contribution in [0.5, 0.6) is 0 Å². The highest BCUT2D eigenvalue weighted by Gasteiger charge is 2.25. The maximum absolute atomic E-state index is 11.7. The van der Waals surface area contributed by atoms with Crippen LogP contribution in [0.3, 0.4) is 0 Å². The fraction of sp³-hybridized carbons (Fsp3) is 0.556. The Morgan fingerprint density at radius 1 is 1.38 bits per heavy atom. The molecule has 1 aliphatic rings. The van der Waals surface area contributed by atoms with Crippen molar-refractivity contribution >= 4 is 17.6 Å². The molecule has 1 unspecified atom stereocenters. The molecule has 1 aliphatic heterocycles. The van der Waals surface area contributed by atoms with Gasteiger partial charge in [-0.1, -0.05) is 25.1 Å². The summed E-state index contributed by atoms with van der Waals surface area (Å²) in [6, 6.07) is 10.6. The topological polar surface area (TPSA) is 60.0 Å². The lowest BCUT2D eigenvalue weighted by atomic mass is 10.3. The van der Waals surface area contributed by atoms with Gasteiger partial charge in [-0.2, -0.15) is 0 Å². The number of nitrogens with zero attached hydrogens (tertiary/aromatic N) is 3. The highest BCUT2D eigenvalue weighted by atomic mass is 16.2. The van der Waals surface area contributed by atoms with E-state index in [-0.39, 0.29) is 11.9 Å². The van der Waals surface area contributed by atoms with E-state index in [4.69, 9.17) is 0 Å². The van der Waals surface area contributed by atoms with E-state index >= 15 is 0 Å². The van der Waals surface area contributed by atoms with Crippen LogP contribution in [0.25, 0.3) is 0 Å². The lowest BCUT2D eigenvalue weighted by Crippen LogP contribution is -2.46. The first-order valence-electron chi connectivity index (χ1n) is 8.65. The molecule has 0 aromatic heterocycles. The summed E-state index contributed by atoms with van der Waals surface area (Å²) >= 11 is 0. The molecule has 0 spiro atoms. The third-order valence-electron chi connectivity index (χ3n) is 4.34. The Balaban J connectivity index is 1.72. The summed E-state index contributed by atoms with van der Waals surface area (Å²) in [5, 5.41) is 6.76. The monoisotopic (exact) mass is 331 g/mol. The molecule has 1 fully saturated rings. The van der Waals surface area contributed by atoms with Gasteiger partial charge in [-0.05, 0) is 18.6 Å². The van der Waals surface area contributed by atoms with Gasteiger partial charge in [-0.25, -0.2) is 0 Å². The Bertz CT molecular complexity index is 546. The summed E-state index contributed by atoms with van der Waals surface area (Å²) in [5.41, 5.74) is 1.20. The molecule has 1 saturated heterocycles. The third kappa shape index (κ3) is 5.15. The van der Waals surface area contributed by atoms with Gasteiger partial charge >= 0.3 is 0 Å². The SMILES string of the molecule is CCC(=O)N1CCC(NC(=NC)NCCN(C)c2ccccc2)C1. The van der Waals surface area contributed by atoms with E-state index < -0.39 is 0 Å². The molecule has 1 aromatic carbocycles. The highest BCUT2D eigenvalue weighted by molar-refractivity contribution is 5.80. The number of carbonyl (C=O) groups is 1. The van der Waals surface area contributed by atoms with Gasteiger partial charge in [-0.3, -0.25) is 9.79 Å². The zero-order valence-electron chi connectivity index (χ0n) is 15.0. The second-order valence-corrected chi connectivity index (χ2v) is 6.08. The van der Waals surface area contributed by atoms with Gasteiger partial charge in [0.2, 0.25) is 5.91 Å². The lowest BCUT2D eigenvalue weighted by molar-refractivity contribution is -0.129. The Kier molecular flexibility index (Phi) is 6.90. The molecule has 2 rings (SSSR count). The average Bonchev–Trinajstić information content (AvgIpc) is 3.09. The van der Waals surface area contributed by atoms with Crippen LogP contribution < -0.4 is 15.5 Å². The zero-order chi connectivity index (χ0) is 17.4. The van der Waals surface area contributed by atoms with Crippen molar-refractivity contribution in [1.82, 2.24) is 15.5 Å². The Labute approximate surface area is 144 Å². The molecular formula is C18H29N5O. The maximum atomic E-state index is 11.7. The van der Waals surface area contributed by atoms with Crippen LogP contribution in [0.2, 0.25) is 0 Å². The van der Waals surface area contributed by atoms with Crippen LogP contribution in [0.4, 0.5) is 5.69 Å². The van der Waals surface area contributed by atoms with Crippen LogP contribution in [0.1, 0.15) is 19.8 Å². The number of amides is 1. The van der Waals surface area contributed by atoms with Crippen molar-refractivity contribution < 1.29 is 4.79 Å². The third-order valence-corrected chi connectivity index (χ3v) is 4.34. The summed E-state index contributed by atoms with van der Waals surface area (Å²) in [5.74, 6) is 1.03. The number of anilines is 1. The molecule has 0 aliphatic carbocycles. The number of rotatable bonds is 6. The molecule has 0 saturated carbocycles. The lowest BCUT2D eigenvalue weighted by Gasteiger charge is -2.22. The number of benzene rings is 1. The summed E-state index contributed by atoms with van der Waals surface area (Å²) in [6.07, 6.45) is 1.54. The van der Waals surface area contributed by atoms with Crippen molar-refractivity contribution in [3.63, 3.8) is 0 Å². The number of likely N-dealkylation sites (N-methyl/N-ethyl adjacent to an activating group) is 1. The molecule has 132 valence electrons. The minimum absolute atomic E-state index is 0.228. The number of hydrogen-bond acceptors (Lipinski definition) is 3. The van der Waals surface area contributed by atoms with Crippen molar-refractivity contribution in [2.24, 2.45) is 4.99 Å². The predicted molar refractivity (Wildman–Crippen MR) is 99.5 cm³/mol. The van der Waals surface area contributed by atoms with Gasteiger partial charge in [0.25, 0.3) is 0 Å². The minimum Gasteiger partial charge on any atom is -0.373 e. The Morgan fingerprint density at radius 3 is 2.79 bits per heavy atom. The number of nitrogens with one attached hydrogen (secondary N) is 2. The molecule has 6 heteroatoms. The first-order chi connectivity index (χ1) is 11.6.